The van der Waals surface area contributed by atoms with Gasteiger partial charge in [0.1, 0.15) is 0 Å². The molecule has 0 amide bonds. The van der Waals surface area contributed by atoms with E-state index in [2.05, 4.69) is 13.8 Å². The van der Waals surface area contributed by atoms with Gasteiger partial charge >= 0.3 is 0 Å². The van der Waals surface area contributed by atoms with Crippen molar-refractivity contribution in [3.63, 3.8) is 0 Å². The minimum absolute atomic E-state index is 0.253. The summed E-state index contributed by atoms with van der Waals surface area (Å²) in [6.07, 6.45) is 16.5. The van der Waals surface area contributed by atoms with Gasteiger partial charge in [0.25, 0.3) is 0 Å². The second-order valence-corrected chi connectivity index (χ2v) is 6.48. The lowest BCUT2D eigenvalue weighted by molar-refractivity contribution is 0.245. The number of aliphatic hydroxyl groups excluding tert-OH is 2. The van der Waals surface area contributed by atoms with E-state index in [-0.39, 0.29) is 13.2 Å². The lowest BCUT2D eigenvalue weighted by atomic mass is 9.84. The predicted octanol–water partition coefficient (Wildman–Crippen LogP) is 5.27. The first kappa shape index (κ1) is 20.9. The fraction of sp³-hybridized carbons (Fsp3) is 0.947. The summed E-state index contributed by atoms with van der Waals surface area (Å²) in [6, 6.07) is 0. The molecule has 0 bridgehead atoms. The topological polar surface area (TPSA) is 40.5 Å². The fourth-order valence-corrected chi connectivity index (χ4v) is 3.00. The van der Waals surface area contributed by atoms with E-state index in [4.69, 9.17) is 10.2 Å². The van der Waals surface area contributed by atoms with Crippen LogP contribution < -0.4 is 0 Å². The minimum atomic E-state index is 0.253. The van der Waals surface area contributed by atoms with Crippen molar-refractivity contribution in [3.8, 4) is 0 Å². The van der Waals surface area contributed by atoms with Crippen LogP contribution in [0.3, 0.4) is 0 Å². The van der Waals surface area contributed by atoms with Gasteiger partial charge in [-0.15, -0.1) is 0 Å². The highest BCUT2D eigenvalue weighted by molar-refractivity contribution is 4.94. The Morgan fingerprint density at radius 3 is 1.71 bits per heavy atom. The second-order valence-electron chi connectivity index (χ2n) is 6.48. The molecule has 0 fully saturated rings. The number of aliphatic hydroxyl groups is 2. The molecular weight excluding hydrogens is 260 g/mol. The van der Waals surface area contributed by atoms with Crippen LogP contribution in [0.2, 0.25) is 0 Å². The largest absolute Gasteiger partial charge is 0.396 e. The summed E-state index contributed by atoms with van der Waals surface area (Å²) >= 11 is 0. The Morgan fingerprint density at radius 2 is 1.24 bits per heavy atom. The van der Waals surface area contributed by atoms with E-state index in [1.54, 1.807) is 0 Å². The number of unbranched alkanes of at least 4 members (excludes halogenated alkanes) is 9. The zero-order chi connectivity index (χ0) is 15.8. The van der Waals surface area contributed by atoms with Crippen LogP contribution in [0.4, 0.5) is 0 Å². The van der Waals surface area contributed by atoms with Gasteiger partial charge in [0.2, 0.25) is 0 Å². The van der Waals surface area contributed by atoms with Crippen molar-refractivity contribution in [2.75, 3.05) is 13.2 Å². The standard InChI is InChI=1S/C19H39O2/c1-3-4-5-6-7-8-9-10-11-12-13-19(15-17-21)18(2)14-16-20/h18,20-21H,3-17H2,1-2H3. The zero-order valence-corrected chi connectivity index (χ0v) is 14.6. The number of hydrogen-bond donors (Lipinski definition) is 2. The first-order valence-electron chi connectivity index (χ1n) is 9.32. The van der Waals surface area contributed by atoms with Crippen LogP contribution in [-0.2, 0) is 0 Å². The van der Waals surface area contributed by atoms with E-state index in [9.17, 15) is 0 Å². The highest BCUT2D eigenvalue weighted by Gasteiger charge is 2.16. The number of rotatable bonds is 16. The second kappa shape index (κ2) is 16.3. The highest BCUT2D eigenvalue weighted by Crippen LogP contribution is 2.27. The Bertz CT molecular complexity index is 194. The first-order valence-corrected chi connectivity index (χ1v) is 9.32. The molecule has 0 spiro atoms. The van der Waals surface area contributed by atoms with Crippen LogP contribution in [0, 0.1) is 11.8 Å². The van der Waals surface area contributed by atoms with E-state index in [1.807, 2.05) is 0 Å². The predicted molar refractivity (Wildman–Crippen MR) is 92.3 cm³/mol. The Morgan fingerprint density at radius 1 is 0.714 bits per heavy atom. The maximum atomic E-state index is 9.13. The Kier molecular flexibility index (Phi) is 16.2. The maximum absolute atomic E-state index is 9.13. The summed E-state index contributed by atoms with van der Waals surface area (Å²) in [4.78, 5) is 0. The van der Waals surface area contributed by atoms with Crippen LogP contribution in [-0.4, -0.2) is 23.4 Å². The third-order valence-corrected chi connectivity index (χ3v) is 4.54. The van der Waals surface area contributed by atoms with Crippen molar-refractivity contribution < 1.29 is 10.2 Å². The molecule has 0 aromatic heterocycles. The zero-order valence-electron chi connectivity index (χ0n) is 14.6. The van der Waals surface area contributed by atoms with E-state index < -0.39 is 0 Å². The van der Waals surface area contributed by atoms with Gasteiger partial charge in [0.15, 0.2) is 0 Å². The van der Waals surface area contributed by atoms with Crippen molar-refractivity contribution in [2.45, 2.75) is 97.3 Å². The monoisotopic (exact) mass is 299 g/mol. The lowest BCUT2D eigenvalue weighted by Crippen LogP contribution is -2.13. The van der Waals surface area contributed by atoms with Crippen molar-refractivity contribution in [1.29, 1.82) is 0 Å². The normalized spacial score (nSPS) is 13.0. The molecule has 2 N–H and O–H groups in total. The number of hydrogen-bond acceptors (Lipinski definition) is 2. The molecule has 0 aliphatic heterocycles. The molecule has 0 saturated carbocycles. The van der Waals surface area contributed by atoms with Gasteiger partial charge in [-0.05, 0) is 31.1 Å². The summed E-state index contributed by atoms with van der Waals surface area (Å²) in [7, 11) is 0. The lowest BCUT2D eigenvalue weighted by Gasteiger charge is -2.22. The van der Waals surface area contributed by atoms with Crippen LogP contribution in [0.5, 0.6) is 0 Å². The molecule has 0 aromatic carbocycles. The van der Waals surface area contributed by atoms with Gasteiger partial charge in [-0.2, -0.15) is 0 Å². The molecule has 1 atom stereocenters. The molecule has 127 valence electrons. The maximum Gasteiger partial charge on any atom is 0.0436 e. The van der Waals surface area contributed by atoms with Crippen molar-refractivity contribution in [3.05, 3.63) is 5.92 Å². The average Bonchev–Trinajstić information content (AvgIpc) is 2.48. The Balaban J connectivity index is 3.45. The molecule has 0 saturated heterocycles. The molecule has 0 aliphatic carbocycles. The van der Waals surface area contributed by atoms with Gasteiger partial charge in [-0.3, -0.25) is 0 Å². The van der Waals surface area contributed by atoms with Gasteiger partial charge in [0.05, 0.1) is 0 Å². The van der Waals surface area contributed by atoms with Crippen LogP contribution >= 0.6 is 0 Å². The minimum Gasteiger partial charge on any atom is -0.396 e. The van der Waals surface area contributed by atoms with Gasteiger partial charge in [0, 0.05) is 13.2 Å². The molecule has 2 heteroatoms. The Hall–Kier alpha value is -0.0800. The van der Waals surface area contributed by atoms with Crippen LogP contribution in [0.15, 0.2) is 0 Å². The van der Waals surface area contributed by atoms with E-state index in [0.717, 1.165) is 19.3 Å². The molecule has 1 unspecified atom stereocenters. The summed E-state index contributed by atoms with van der Waals surface area (Å²) in [5, 5.41) is 18.2. The molecule has 0 rings (SSSR count). The van der Waals surface area contributed by atoms with Gasteiger partial charge < -0.3 is 10.2 Å². The summed E-state index contributed by atoms with van der Waals surface area (Å²) in [5.41, 5.74) is 0. The molecule has 0 aromatic rings. The van der Waals surface area contributed by atoms with Crippen molar-refractivity contribution in [2.24, 2.45) is 5.92 Å². The Labute approximate surface area is 133 Å². The molecule has 2 nitrogen and oxygen atoms in total. The summed E-state index contributed by atoms with van der Waals surface area (Å²) in [6.45, 7) is 4.96. The highest BCUT2D eigenvalue weighted by atomic mass is 16.3. The summed E-state index contributed by atoms with van der Waals surface area (Å²) < 4.78 is 0. The van der Waals surface area contributed by atoms with Gasteiger partial charge in [-0.1, -0.05) is 78.1 Å². The van der Waals surface area contributed by atoms with E-state index in [0.29, 0.717) is 5.92 Å². The fourth-order valence-electron chi connectivity index (χ4n) is 3.00. The van der Waals surface area contributed by atoms with Gasteiger partial charge in [-0.25, -0.2) is 0 Å². The molecular formula is C19H39O2. The van der Waals surface area contributed by atoms with Crippen molar-refractivity contribution in [1.82, 2.24) is 0 Å². The third kappa shape index (κ3) is 13.3. The van der Waals surface area contributed by atoms with E-state index in [1.165, 1.54) is 70.1 Å². The molecule has 0 heterocycles. The third-order valence-electron chi connectivity index (χ3n) is 4.54. The SMILES string of the molecule is CCCCCCCCCCCC[C](CCO)C(C)CCO. The average molecular weight is 300 g/mol. The van der Waals surface area contributed by atoms with Crippen molar-refractivity contribution >= 4 is 0 Å². The van der Waals surface area contributed by atoms with Crippen LogP contribution in [0.1, 0.15) is 97.3 Å². The quantitative estimate of drug-likeness (QED) is 0.381. The van der Waals surface area contributed by atoms with Crippen LogP contribution in [0.25, 0.3) is 0 Å². The molecule has 0 aliphatic rings. The molecule has 21 heavy (non-hydrogen) atoms. The smallest absolute Gasteiger partial charge is 0.0436 e. The first-order chi connectivity index (χ1) is 10.3. The molecule has 1 radical (unpaired) electrons. The summed E-state index contributed by atoms with van der Waals surface area (Å²) in [5.74, 6) is 1.91. The van der Waals surface area contributed by atoms with E-state index >= 15 is 0 Å².